The summed E-state index contributed by atoms with van der Waals surface area (Å²) in [7, 11) is 3.23. The second kappa shape index (κ2) is 11.7. The van der Waals surface area contributed by atoms with Crippen LogP contribution in [0.25, 0.3) is 10.8 Å². The molecule has 0 saturated heterocycles. The number of nitrogens with two attached hydrogens (primary N) is 1. The number of hydrogen-bond acceptors (Lipinski definition) is 7. The molecule has 5 rings (SSSR count). The van der Waals surface area contributed by atoms with Crippen molar-refractivity contribution in [1.29, 1.82) is 5.26 Å². The van der Waals surface area contributed by atoms with Crippen LogP contribution >= 0.6 is 22.6 Å². The van der Waals surface area contributed by atoms with Gasteiger partial charge in [-0.1, -0.05) is 56.3 Å². The highest BCUT2D eigenvalue weighted by atomic mass is 127. The molecule has 41 heavy (non-hydrogen) atoms. The summed E-state index contributed by atoms with van der Waals surface area (Å²) in [6.45, 7) is 5.43. The van der Waals surface area contributed by atoms with Crippen LogP contribution in [0, 0.1) is 20.3 Å². The van der Waals surface area contributed by atoms with Gasteiger partial charge in [-0.3, -0.25) is 4.79 Å². The van der Waals surface area contributed by atoms with Crippen molar-refractivity contribution in [2.75, 3.05) is 27.4 Å². The number of rotatable bonds is 8. The minimum Gasteiger partial charge on any atom is -0.493 e. The van der Waals surface area contributed by atoms with E-state index in [2.05, 4.69) is 66.8 Å². The van der Waals surface area contributed by atoms with E-state index < -0.39 is 5.92 Å². The number of carbonyl (C=O) groups is 1. The summed E-state index contributed by atoms with van der Waals surface area (Å²) in [6, 6.07) is 20.6. The zero-order chi connectivity index (χ0) is 29.3. The Kier molecular flexibility index (Phi) is 8.30. The lowest BCUT2D eigenvalue weighted by Gasteiger charge is -2.43. The van der Waals surface area contributed by atoms with E-state index >= 15 is 0 Å². The molecule has 1 aliphatic carbocycles. The van der Waals surface area contributed by atoms with Gasteiger partial charge in [0, 0.05) is 31.3 Å². The summed E-state index contributed by atoms with van der Waals surface area (Å²) in [5.41, 5.74) is 10.1. The number of ketones is 1. The van der Waals surface area contributed by atoms with Crippen molar-refractivity contribution in [3.05, 3.63) is 92.0 Å². The maximum absolute atomic E-state index is 13.7. The van der Waals surface area contributed by atoms with E-state index in [4.69, 9.17) is 19.9 Å². The predicted molar refractivity (Wildman–Crippen MR) is 167 cm³/mol. The van der Waals surface area contributed by atoms with E-state index in [1.165, 1.54) is 0 Å². The monoisotopic (exact) mass is 663 g/mol. The van der Waals surface area contributed by atoms with E-state index in [1.54, 1.807) is 14.2 Å². The van der Waals surface area contributed by atoms with Crippen LogP contribution in [0.4, 0.5) is 0 Å². The SMILES string of the molecule is COCCN1C(N)=C(C#N)[C@H](c2cc(I)c(OCc3cccc4ccccc34)c(OC)c2)C2=C1CC(C)(C)CC2=O. The van der Waals surface area contributed by atoms with Crippen molar-refractivity contribution in [2.24, 2.45) is 11.1 Å². The summed E-state index contributed by atoms with van der Waals surface area (Å²) in [4.78, 5) is 15.6. The van der Waals surface area contributed by atoms with Crippen LogP contribution < -0.4 is 15.2 Å². The molecule has 0 spiro atoms. The number of Topliss-reactive ketones (excluding diaryl/α,β-unsaturated/α-hetero) is 1. The zero-order valence-corrected chi connectivity index (χ0v) is 25.9. The highest BCUT2D eigenvalue weighted by Gasteiger charge is 2.44. The first-order valence-corrected chi connectivity index (χ1v) is 14.7. The topological polar surface area (TPSA) is 97.8 Å². The molecule has 3 aromatic rings. The van der Waals surface area contributed by atoms with Gasteiger partial charge in [0.25, 0.3) is 0 Å². The lowest BCUT2D eigenvalue weighted by molar-refractivity contribution is -0.118. The third-order valence-electron chi connectivity index (χ3n) is 7.84. The Hall–Kier alpha value is -3.55. The van der Waals surface area contributed by atoms with E-state index in [-0.39, 0.29) is 11.2 Å². The zero-order valence-electron chi connectivity index (χ0n) is 23.8. The lowest BCUT2D eigenvalue weighted by atomic mass is 9.68. The Morgan fingerprint density at radius 1 is 1.12 bits per heavy atom. The highest BCUT2D eigenvalue weighted by molar-refractivity contribution is 14.1. The molecule has 1 atom stereocenters. The molecule has 3 aromatic carbocycles. The van der Waals surface area contributed by atoms with Crippen LogP contribution in [-0.2, 0) is 16.1 Å². The quantitative estimate of drug-likeness (QED) is 0.278. The number of hydrogen-bond donors (Lipinski definition) is 1. The van der Waals surface area contributed by atoms with Gasteiger partial charge in [0.1, 0.15) is 12.4 Å². The fourth-order valence-electron chi connectivity index (χ4n) is 5.96. The fourth-order valence-corrected chi connectivity index (χ4v) is 6.74. The summed E-state index contributed by atoms with van der Waals surface area (Å²) in [5, 5.41) is 12.6. The molecule has 0 bridgehead atoms. The highest BCUT2D eigenvalue weighted by Crippen LogP contribution is 2.50. The van der Waals surface area contributed by atoms with Gasteiger partial charge < -0.3 is 24.8 Å². The first-order valence-electron chi connectivity index (χ1n) is 13.6. The normalized spacial score (nSPS) is 18.4. The number of allylic oxidation sites excluding steroid dienone is 3. The van der Waals surface area contributed by atoms with Crippen molar-refractivity contribution in [3.8, 4) is 17.6 Å². The molecule has 0 fully saturated rings. The van der Waals surface area contributed by atoms with Gasteiger partial charge in [-0.05, 0) is 68.5 Å². The molecule has 0 saturated carbocycles. The Labute approximate surface area is 254 Å². The maximum Gasteiger partial charge on any atom is 0.174 e. The average Bonchev–Trinajstić information content (AvgIpc) is 2.94. The number of nitriles is 1. The summed E-state index contributed by atoms with van der Waals surface area (Å²) < 4.78 is 18.3. The predicted octanol–water partition coefficient (Wildman–Crippen LogP) is 6.41. The van der Waals surface area contributed by atoms with Gasteiger partial charge in [-0.25, -0.2) is 0 Å². The minimum atomic E-state index is -0.591. The molecule has 2 N–H and O–H groups in total. The molecular formula is C33H34IN3O4. The fraction of sp³-hybridized carbons (Fsp3) is 0.333. The first-order chi connectivity index (χ1) is 19.7. The second-order valence-electron chi connectivity index (χ2n) is 11.3. The van der Waals surface area contributed by atoms with Crippen molar-refractivity contribution in [2.45, 2.75) is 39.2 Å². The number of benzene rings is 3. The van der Waals surface area contributed by atoms with Crippen LogP contribution in [0.5, 0.6) is 11.5 Å². The third kappa shape index (κ3) is 5.53. The van der Waals surface area contributed by atoms with Crippen molar-refractivity contribution < 1.29 is 19.0 Å². The van der Waals surface area contributed by atoms with Crippen LogP contribution in [-0.4, -0.2) is 38.1 Å². The van der Waals surface area contributed by atoms with E-state index in [9.17, 15) is 10.1 Å². The van der Waals surface area contributed by atoms with E-state index in [0.717, 1.165) is 31.2 Å². The molecule has 7 nitrogen and oxygen atoms in total. The number of nitrogens with zero attached hydrogens (tertiary/aromatic N) is 2. The third-order valence-corrected chi connectivity index (χ3v) is 8.64. The van der Waals surface area contributed by atoms with E-state index in [1.807, 2.05) is 35.2 Å². The van der Waals surface area contributed by atoms with Crippen LogP contribution in [0.3, 0.4) is 0 Å². The van der Waals surface area contributed by atoms with Crippen LogP contribution in [0.15, 0.2) is 77.3 Å². The number of ether oxygens (including phenoxy) is 3. The molecule has 8 heteroatoms. The summed E-state index contributed by atoms with van der Waals surface area (Å²) >= 11 is 2.23. The molecule has 2 aliphatic rings. The first kappa shape index (κ1) is 29.0. The van der Waals surface area contributed by atoms with Gasteiger partial charge in [-0.2, -0.15) is 5.26 Å². The van der Waals surface area contributed by atoms with Crippen LogP contribution in [0.2, 0.25) is 0 Å². The van der Waals surface area contributed by atoms with Crippen molar-refractivity contribution in [3.63, 3.8) is 0 Å². The van der Waals surface area contributed by atoms with E-state index in [0.29, 0.717) is 61.1 Å². The van der Waals surface area contributed by atoms with Gasteiger partial charge in [-0.15, -0.1) is 0 Å². The Morgan fingerprint density at radius 2 is 1.88 bits per heavy atom. The lowest BCUT2D eigenvalue weighted by Crippen LogP contribution is -2.43. The Balaban J connectivity index is 1.57. The molecule has 1 aliphatic heterocycles. The Morgan fingerprint density at radius 3 is 2.61 bits per heavy atom. The summed E-state index contributed by atoms with van der Waals surface area (Å²) in [5.74, 6) is 0.962. The molecule has 0 radical (unpaired) electrons. The van der Waals surface area contributed by atoms with Gasteiger partial charge in [0.2, 0.25) is 0 Å². The molecule has 1 heterocycles. The number of halogens is 1. The molecule has 0 unspecified atom stereocenters. The number of carbonyl (C=O) groups excluding carboxylic acids is 1. The largest absolute Gasteiger partial charge is 0.493 e. The van der Waals surface area contributed by atoms with Crippen LogP contribution in [0.1, 0.15) is 43.7 Å². The number of methoxy groups -OCH3 is 2. The molecular weight excluding hydrogens is 629 g/mol. The Bertz CT molecular complexity index is 1610. The second-order valence-corrected chi connectivity index (χ2v) is 12.4. The van der Waals surface area contributed by atoms with Gasteiger partial charge in [0.15, 0.2) is 17.3 Å². The standard InChI is InChI=1S/C33H34IN3O4/c1-33(2)16-26-30(27(38)17-33)29(24(18-35)32(36)37(26)12-13-39-3)22-14-25(34)31(28(15-22)40-4)41-19-21-10-7-9-20-8-5-6-11-23(20)21/h5-11,14-15,29H,12-13,16-17,19,36H2,1-4H3/t29-/m0/s1. The number of fused-ring (bicyclic) bond motifs is 1. The molecule has 0 amide bonds. The van der Waals surface area contributed by atoms with Gasteiger partial charge in [0.05, 0.1) is 34.8 Å². The smallest absolute Gasteiger partial charge is 0.174 e. The summed E-state index contributed by atoms with van der Waals surface area (Å²) in [6.07, 6.45) is 1.08. The van der Waals surface area contributed by atoms with Crippen molar-refractivity contribution >= 4 is 39.1 Å². The van der Waals surface area contributed by atoms with Gasteiger partial charge >= 0.3 is 0 Å². The minimum absolute atomic E-state index is 0.0363. The molecule has 0 aromatic heterocycles. The van der Waals surface area contributed by atoms with Crippen molar-refractivity contribution in [1.82, 2.24) is 4.90 Å². The average molecular weight is 664 g/mol. The maximum atomic E-state index is 13.7. The molecule has 212 valence electrons.